The van der Waals surface area contributed by atoms with Crippen molar-refractivity contribution >= 4 is 5.69 Å². The Morgan fingerprint density at radius 3 is 3.20 bits per heavy atom. The van der Waals surface area contributed by atoms with E-state index in [-0.39, 0.29) is 0 Å². The largest absolute Gasteiger partial charge is 0.384 e. The molecule has 0 aromatic carbocycles. The molecule has 0 aliphatic carbocycles. The van der Waals surface area contributed by atoms with Gasteiger partial charge in [-0.25, -0.2) is 0 Å². The highest BCUT2D eigenvalue weighted by Gasteiger charge is 1.85. The summed E-state index contributed by atoms with van der Waals surface area (Å²) in [5, 5.41) is 3.21. The predicted octanol–water partition coefficient (Wildman–Crippen LogP) is 1.70. The van der Waals surface area contributed by atoms with E-state index in [4.69, 9.17) is 0 Å². The van der Waals surface area contributed by atoms with Gasteiger partial charge in [0.15, 0.2) is 0 Å². The van der Waals surface area contributed by atoms with Crippen LogP contribution in [0.25, 0.3) is 0 Å². The van der Waals surface area contributed by atoms with Crippen LogP contribution in [0.4, 0.5) is 5.69 Å². The van der Waals surface area contributed by atoms with E-state index in [9.17, 15) is 0 Å². The number of nitrogens with zero attached hydrogens (tertiary/aromatic N) is 1. The molecule has 1 aromatic heterocycles. The summed E-state index contributed by atoms with van der Waals surface area (Å²) in [6.45, 7) is 3.14. The van der Waals surface area contributed by atoms with Crippen LogP contribution in [0, 0.1) is 6.20 Å². The zero-order valence-electron chi connectivity index (χ0n) is 6.09. The van der Waals surface area contributed by atoms with Crippen molar-refractivity contribution in [2.24, 2.45) is 0 Å². The molecule has 0 spiro atoms. The fourth-order valence-electron chi connectivity index (χ4n) is 0.694. The quantitative estimate of drug-likeness (QED) is 0.682. The Labute approximate surface area is 61.3 Å². The van der Waals surface area contributed by atoms with Crippen molar-refractivity contribution in [1.82, 2.24) is 4.98 Å². The van der Waals surface area contributed by atoms with E-state index in [2.05, 4.69) is 23.4 Å². The van der Waals surface area contributed by atoms with Crippen molar-refractivity contribution < 1.29 is 0 Å². The molecule has 0 unspecified atom stereocenters. The molecular weight excluding hydrogens is 124 g/mol. The van der Waals surface area contributed by atoms with Crippen LogP contribution in [-0.4, -0.2) is 11.5 Å². The summed E-state index contributed by atoms with van der Waals surface area (Å²) in [6.07, 6.45) is 5.63. The van der Waals surface area contributed by atoms with E-state index in [1.165, 1.54) is 0 Å². The van der Waals surface area contributed by atoms with Crippen molar-refractivity contribution in [3.05, 3.63) is 24.5 Å². The standard InChI is InChI=1S/C8H11N2/c1-2-5-10-8-4-3-6-9-7-8/h3-4,7,10H,2,5H2,1H3. The molecule has 0 fully saturated rings. The SMILES string of the molecule is CCCNc1cc[c]nc1. The zero-order chi connectivity index (χ0) is 7.23. The van der Waals surface area contributed by atoms with Crippen molar-refractivity contribution in [3.8, 4) is 0 Å². The molecule has 2 nitrogen and oxygen atoms in total. The second-order valence-corrected chi connectivity index (χ2v) is 2.10. The highest BCUT2D eigenvalue weighted by atomic mass is 14.9. The molecule has 1 heterocycles. The van der Waals surface area contributed by atoms with E-state index in [0.29, 0.717) is 0 Å². The number of rotatable bonds is 3. The molecule has 0 saturated heterocycles. The summed E-state index contributed by atoms with van der Waals surface area (Å²) in [5.74, 6) is 0. The average molecular weight is 135 g/mol. The summed E-state index contributed by atoms with van der Waals surface area (Å²) < 4.78 is 0. The molecule has 1 radical (unpaired) electrons. The molecule has 53 valence electrons. The van der Waals surface area contributed by atoms with E-state index < -0.39 is 0 Å². The molecule has 0 atom stereocenters. The summed E-state index contributed by atoms with van der Waals surface area (Å²) in [7, 11) is 0. The minimum Gasteiger partial charge on any atom is -0.384 e. The number of aromatic nitrogens is 1. The molecule has 0 aliphatic rings. The Bertz CT molecular complexity index is 172. The molecule has 1 N–H and O–H groups in total. The number of hydrogen-bond donors (Lipinski definition) is 1. The third kappa shape index (κ3) is 2.05. The van der Waals surface area contributed by atoms with Gasteiger partial charge in [-0.15, -0.1) is 0 Å². The fraction of sp³-hybridized carbons (Fsp3) is 0.375. The van der Waals surface area contributed by atoms with Gasteiger partial charge in [-0.2, -0.15) is 0 Å². The Morgan fingerprint density at radius 2 is 2.60 bits per heavy atom. The Hall–Kier alpha value is -1.05. The normalized spacial score (nSPS) is 9.30. The monoisotopic (exact) mass is 135 g/mol. The molecule has 10 heavy (non-hydrogen) atoms. The predicted molar refractivity (Wildman–Crippen MR) is 41.9 cm³/mol. The lowest BCUT2D eigenvalue weighted by Crippen LogP contribution is -1.98. The summed E-state index contributed by atoms with van der Waals surface area (Å²) in [5.41, 5.74) is 1.07. The minimum absolute atomic E-state index is 1.01. The first-order valence-corrected chi connectivity index (χ1v) is 3.49. The Morgan fingerprint density at radius 1 is 1.70 bits per heavy atom. The topological polar surface area (TPSA) is 24.9 Å². The van der Waals surface area contributed by atoms with Crippen molar-refractivity contribution in [2.75, 3.05) is 11.9 Å². The second-order valence-electron chi connectivity index (χ2n) is 2.10. The first-order valence-electron chi connectivity index (χ1n) is 3.49. The van der Waals surface area contributed by atoms with Crippen LogP contribution in [0.2, 0.25) is 0 Å². The minimum atomic E-state index is 1.01. The number of pyridine rings is 1. The van der Waals surface area contributed by atoms with Crippen LogP contribution in [0.1, 0.15) is 13.3 Å². The molecule has 0 bridgehead atoms. The Balaban J connectivity index is 2.43. The van der Waals surface area contributed by atoms with Gasteiger partial charge in [0.2, 0.25) is 0 Å². The highest BCUT2D eigenvalue weighted by molar-refractivity contribution is 5.39. The highest BCUT2D eigenvalue weighted by Crippen LogP contribution is 2.00. The smallest absolute Gasteiger partial charge is 0.0887 e. The first kappa shape index (κ1) is 7.06. The number of nitrogens with one attached hydrogen (secondary N) is 1. The molecular formula is C8H11N2. The van der Waals surface area contributed by atoms with Crippen molar-refractivity contribution in [2.45, 2.75) is 13.3 Å². The van der Waals surface area contributed by atoms with Gasteiger partial charge in [0.25, 0.3) is 0 Å². The molecule has 0 saturated carbocycles. The van der Waals surface area contributed by atoms with Crippen LogP contribution in [-0.2, 0) is 0 Å². The third-order valence-corrected chi connectivity index (χ3v) is 1.19. The molecule has 1 aromatic rings. The average Bonchev–Trinajstić information content (AvgIpc) is 2.03. The zero-order valence-corrected chi connectivity index (χ0v) is 6.09. The van der Waals surface area contributed by atoms with Gasteiger partial charge in [0.1, 0.15) is 0 Å². The van der Waals surface area contributed by atoms with E-state index in [1.54, 1.807) is 12.3 Å². The summed E-state index contributed by atoms with van der Waals surface area (Å²) >= 11 is 0. The maximum absolute atomic E-state index is 3.85. The van der Waals surface area contributed by atoms with Gasteiger partial charge >= 0.3 is 0 Å². The van der Waals surface area contributed by atoms with Gasteiger partial charge in [-0.3, -0.25) is 4.98 Å². The molecule has 1 rings (SSSR count). The number of anilines is 1. The van der Waals surface area contributed by atoms with Crippen molar-refractivity contribution in [1.29, 1.82) is 0 Å². The van der Waals surface area contributed by atoms with E-state index >= 15 is 0 Å². The van der Waals surface area contributed by atoms with Gasteiger partial charge in [0.05, 0.1) is 18.1 Å². The van der Waals surface area contributed by atoms with Crippen LogP contribution >= 0.6 is 0 Å². The van der Waals surface area contributed by atoms with Crippen LogP contribution in [0.5, 0.6) is 0 Å². The van der Waals surface area contributed by atoms with Crippen LogP contribution < -0.4 is 5.32 Å². The maximum atomic E-state index is 3.85. The summed E-state index contributed by atoms with van der Waals surface area (Å²) in [4.78, 5) is 3.85. The fourth-order valence-corrected chi connectivity index (χ4v) is 0.694. The van der Waals surface area contributed by atoms with Gasteiger partial charge < -0.3 is 5.32 Å². The van der Waals surface area contributed by atoms with Crippen LogP contribution in [0.15, 0.2) is 18.3 Å². The third-order valence-electron chi connectivity index (χ3n) is 1.19. The van der Waals surface area contributed by atoms with E-state index in [1.807, 2.05) is 6.07 Å². The lowest BCUT2D eigenvalue weighted by molar-refractivity contribution is 0.977. The molecule has 0 amide bonds. The molecule has 0 aliphatic heterocycles. The van der Waals surface area contributed by atoms with Crippen molar-refractivity contribution in [3.63, 3.8) is 0 Å². The lowest BCUT2D eigenvalue weighted by atomic mass is 10.4. The number of hydrogen-bond acceptors (Lipinski definition) is 2. The lowest BCUT2D eigenvalue weighted by Gasteiger charge is -2.00. The maximum Gasteiger partial charge on any atom is 0.0887 e. The first-order chi connectivity index (χ1) is 4.93. The molecule has 2 heteroatoms. The van der Waals surface area contributed by atoms with Gasteiger partial charge in [-0.05, 0) is 18.6 Å². The van der Waals surface area contributed by atoms with E-state index in [0.717, 1.165) is 18.7 Å². The van der Waals surface area contributed by atoms with Crippen LogP contribution in [0.3, 0.4) is 0 Å². The van der Waals surface area contributed by atoms with Gasteiger partial charge in [0, 0.05) is 6.54 Å². The second kappa shape index (κ2) is 3.88. The van der Waals surface area contributed by atoms with Gasteiger partial charge in [-0.1, -0.05) is 6.92 Å². The Kier molecular flexibility index (Phi) is 2.74. The summed E-state index contributed by atoms with van der Waals surface area (Å²) in [6, 6.07) is 3.76.